The summed E-state index contributed by atoms with van der Waals surface area (Å²) < 4.78 is 13.9. The quantitative estimate of drug-likeness (QED) is 0.789. The first-order chi connectivity index (χ1) is 8.56. The molecule has 2 nitrogen and oxygen atoms in total. The molecule has 0 fully saturated rings. The van der Waals surface area contributed by atoms with Gasteiger partial charge in [0.1, 0.15) is 5.82 Å². The third-order valence-electron chi connectivity index (χ3n) is 2.50. The maximum Gasteiger partial charge on any atom is 0.141 e. The third kappa shape index (κ3) is 3.32. The van der Waals surface area contributed by atoms with Crippen LogP contribution in [0.1, 0.15) is 18.7 Å². The molecule has 1 aromatic carbocycles. The van der Waals surface area contributed by atoms with Crippen molar-refractivity contribution in [3.63, 3.8) is 0 Å². The molecule has 1 N–H and O–H groups in total. The highest BCUT2D eigenvalue weighted by atomic mass is 127. The zero-order chi connectivity index (χ0) is 13.1. The lowest BCUT2D eigenvalue weighted by molar-refractivity contribution is 0.617. The molecule has 1 atom stereocenters. The van der Waals surface area contributed by atoms with Crippen molar-refractivity contribution in [3.8, 4) is 0 Å². The fourth-order valence-corrected chi connectivity index (χ4v) is 2.47. The summed E-state index contributed by atoms with van der Waals surface area (Å²) in [7, 11) is 0. The van der Waals surface area contributed by atoms with Gasteiger partial charge in [0.05, 0.1) is 28.6 Å². The van der Waals surface area contributed by atoms with E-state index < -0.39 is 0 Å². The summed E-state index contributed by atoms with van der Waals surface area (Å²) in [6.07, 6.45) is 1.21. The average molecular weight is 377 g/mol. The molecule has 0 aliphatic heterocycles. The van der Waals surface area contributed by atoms with Crippen molar-refractivity contribution in [2.75, 3.05) is 5.32 Å². The molecule has 94 valence electrons. The molecule has 0 spiro atoms. The molecule has 2 rings (SSSR count). The number of benzene rings is 1. The molecule has 0 aliphatic rings. The number of nitrogens with one attached hydrogen (secondary N) is 1. The summed E-state index contributed by atoms with van der Waals surface area (Å²) in [6, 6.07) is 8.80. The van der Waals surface area contributed by atoms with Crippen LogP contribution in [0.15, 0.2) is 36.5 Å². The third-order valence-corrected chi connectivity index (χ3v) is 3.48. The van der Waals surface area contributed by atoms with Crippen molar-refractivity contribution in [2.45, 2.75) is 13.0 Å². The van der Waals surface area contributed by atoms with E-state index in [-0.39, 0.29) is 11.9 Å². The first-order valence-electron chi connectivity index (χ1n) is 5.39. The molecular formula is C13H11ClFIN2. The Labute approximate surface area is 124 Å². The number of nitrogens with zero attached hydrogens (tertiary/aromatic N) is 1. The van der Waals surface area contributed by atoms with Gasteiger partial charge in [0, 0.05) is 3.57 Å². The van der Waals surface area contributed by atoms with Crippen molar-refractivity contribution in [3.05, 3.63) is 56.6 Å². The summed E-state index contributed by atoms with van der Waals surface area (Å²) in [4.78, 5) is 4.04. The van der Waals surface area contributed by atoms with Crippen molar-refractivity contribution in [2.24, 2.45) is 0 Å². The van der Waals surface area contributed by atoms with E-state index in [0.29, 0.717) is 5.02 Å². The van der Waals surface area contributed by atoms with Crippen molar-refractivity contribution >= 4 is 39.9 Å². The highest BCUT2D eigenvalue weighted by Crippen LogP contribution is 2.27. The Kier molecular flexibility index (Phi) is 4.40. The van der Waals surface area contributed by atoms with Gasteiger partial charge >= 0.3 is 0 Å². The van der Waals surface area contributed by atoms with E-state index in [2.05, 4.69) is 32.9 Å². The molecule has 0 radical (unpaired) electrons. The number of hydrogen-bond donors (Lipinski definition) is 1. The van der Waals surface area contributed by atoms with Crippen LogP contribution in [-0.4, -0.2) is 4.98 Å². The molecule has 0 amide bonds. The summed E-state index contributed by atoms with van der Waals surface area (Å²) in [5, 5.41) is 3.92. The zero-order valence-electron chi connectivity index (χ0n) is 9.62. The van der Waals surface area contributed by atoms with Crippen LogP contribution in [0, 0.1) is 9.39 Å². The molecule has 0 saturated carbocycles. The number of hydrogen-bond acceptors (Lipinski definition) is 2. The van der Waals surface area contributed by atoms with Crippen LogP contribution in [0.4, 0.5) is 10.1 Å². The van der Waals surface area contributed by atoms with E-state index in [0.717, 1.165) is 15.0 Å². The Morgan fingerprint density at radius 1 is 1.33 bits per heavy atom. The molecule has 1 aromatic heterocycles. The Balaban J connectivity index is 2.15. The lowest BCUT2D eigenvalue weighted by Crippen LogP contribution is -2.08. The largest absolute Gasteiger partial charge is 0.376 e. The second kappa shape index (κ2) is 5.84. The van der Waals surface area contributed by atoms with E-state index in [1.165, 1.54) is 12.3 Å². The molecule has 18 heavy (non-hydrogen) atoms. The van der Waals surface area contributed by atoms with Gasteiger partial charge in [0.2, 0.25) is 0 Å². The Morgan fingerprint density at radius 3 is 2.72 bits per heavy atom. The van der Waals surface area contributed by atoms with Crippen LogP contribution in [0.2, 0.25) is 5.02 Å². The highest BCUT2D eigenvalue weighted by Gasteiger charge is 2.09. The average Bonchev–Trinajstić information content (AvgIpc) is 2.33. The molecular weight excluding hydrogens is 366 g/mol. The number of pyridine rings is 1. The molecule has 1 unspecified atom stereocenters. The minimum atomic E-state index is -0.335. The van der Waals surface area contributed by atoms with Gasteiger partial charge < -0.3 is 5.32 Å². The van der Waals surface area contributed by atoms with E-state index in [1.807, 2.05) is 25.1 Å². The summed E-state index contributed by atoms with van der Waals surface area (Å²) in [5.41, 5.74) is 1.61. The summed E-state index contributed by atoms with van der Waals surface area (Å²) >= 11 is 8.34. The maximum absolute atomic E-state index is 12.8. The SMILES string of the molecule is CC(Nc1ccc(I)cc1Cl)c1ccc(F)cn1. The predicted molar refractivity (Wildman–Crippen MR) is 80.4 cm³/mol. The lowest BCUT2D eigenvalue weighted by Gasteiger charge is -2.16. The van der Waals surface area contributed by atoms with Crippen LogP contribution < -0.4 is 5.32 Å². The van der Waals surface area contributed by atoms with Gasteiger partial charge in [-0.05, 0) is 59.8 Å². The first kappa shape index (κ1) is 13.5. The van der Waals surface area contributed by atoms with Crippen molar-refractivity contribution in [1.29, 1.82) is 0 Å². The normalized spacial score (nSPS) is 12.2. The Bertz CT molecular complexity index is 545. The maximum atomic E-state index is 12.8. The van der Waals surface area contributed by atoms with Gasteiger partial charge in [-0.15, -0.1) is 0 Å². The van der Waals surface area contributed by atoms with E-state index >= 15 is 0 Å². The molecule has 0 saturated heterocycles. The number of aromatic nitrogens is 1. The lowest BCUT2D eigenvalue weighted by atomic mass is 10.2. The van der Waals surface area contributed by atoms with Gasteiger partial charge in [-0.25, -0.2) is 4.39 Å². The van der Waals surface area contributed by atoms with Crippen LogP contribution in [-0.2, 0) is 0 Å². The smallest absolute Gasteiger partial charge is 0.141 e. The van der Waals surface area contributed by atoms with Gasteiger partial charge in [-0.2, -0.15) is 0 Å². The molecule has 0 bridgehead atoms. The van der Waals surface area contributed by atoms with Gasteiger partial charge in [-0.3, -0.25) is 4.98 Å². The second-order valence-corrected chi connectivity index (χ2v) is 5.54. The van der Waals surface area contributed by atoms with Crippen LogP contribution in [0.3, 0.4) is 0 Å². The van der Waals surface area contributed by atoms with Crippen LogP contribution >= 0.6 is 34.2 Å². The molecule has 0 aliphatic carbocycles. The van der Waals surface area contributed by atoms with Crippen molar-refractivity contribution < 1.29 is 4.39 Å². The van der Waals surface area contributed by atoms with E-state index in [4.69, 9.17) is 11.6 Å². The fourth-order valence-electron chi connectivity index (χ4n) is 1.56. The number of halogens is 3. The topological polar surface area (TPSA) is 24.9 Å². The van der Waals surface area contributed by atoms with Crippen molar-refractivity contribution in [1.82, 2.24) is 4.98 Å². The first-order valence-corrected chi connectivity index (χ1v) is 6.85. The fraction of sp³-hybridized carbons (Fsp3) is 0.154. The molecule has 5 heteroatoms. The monoisotopic (exact) mass is 376 g/mol. The van der Waals surface area contributed by atoms with Crippen LogP contribution in [0.25, 0.3) is 0 Å². The number of rotatable bonds is 3. The second-order valence-electron chi connectivity index (χ2n) is 3.89. The minimum absolute atomic E-state index is 0.0387. The standard InChI is InChI=1S/C13H11ClFIN2/c1-8(12-4-2-9(15)7-17-12)18-13-5-3-10(16)6-11(13)14/h2-8,18H,1H3. The summed E-state index contributed by atoms with van der Waals surface area (Å²) in [5.74, 6) is -0.335. The predicted octanol–water partition coefficient (Wildman–Crippen LogP) is 4.65. The molecule has 1 heterocycles. The Morgan fingerprint density at radius 2 is 2.11 bits per heavy atom. The summed E-state index contributed by atoms with van der Waals surface area (Å²) in [6.45, 7) is 1.95. The van der Waals surface area contributed by atoms with Gasteiger partial charge in [0.15, 0.2) is 0 Å². The number of anilines is 1. The highest BCUT2D eigenvalue weighted by molar-refractivity contribution is 14.1. The van der Waals surface area contributed by atoms with Gasteiger partial charge in [-0.1, -0.05) is 11.6 Å². The minimum Gasteiger partial charge on any atom is -0.376 e. The molecule has 2 aromatic rings. The van der Waals surface area contributed by atoms with E-state index in [9.17, 15) is 4.39 Å². The zero-order valence-corrected chi connectivity index (χ0v) is 12.5. The van der Waals surface area contributed by atoms with E-state index in [1.54, 1.807) is 6.07 Å². The Hall–Kier alpha value is -0.880. The van der Waals surface area contributed by atoms with Crippen LogP contribution in [0.5, 0.6) is 0 Å². The van der Waals surface area contributed by atoms with Gasteiger partial charge in [0.25, 0.3) is 0 Å².